The Balaban J connectivity index is 0. The third-order valence-electron chi connectivity index (χ3n) is 0. The van der Waals surface area contributed by atoms with Crippen molar-refractivity contribution in [1.82, 2.24) is 0 Å². The summed E-state index contributed by atoms with van der Waals surface area (Å²) in [6.45, 7) is 5.25. The van der Waals surface area contributed by atoms with Gasteiger partial charge in [0.05, 0.1) is 0 Å². The molecule has 0 saturated heterocycles. The van der Waals surface area contributed by atoms with Gasteiger partial charge in [0.25, 0.3) is 0 Å². The molecule has 0 aromatic rings. The molecule has 0 aliphatic carbocycles. The number of halogens is 2. The van der Waals surface area contributed by atoms with E-state index in [9.17, 15) is 0 Å². The molecule has 36 valence electrons. The average molecular weight is 318 g/mol. The molecule has 0 nitrogen and oxygen atoms in total. The first-order chi connectivity index (χ1) is 2.83. The number of hydrogen-bond donors (Lipinski definition) is 0. The summed E-state index contributed by atoms with van der Waals surface area (Å²) in [5.74, 6) is 0. The molecule has 0 rings (SSSR count). The summed E-state index contributed by atoms with van der Waals surface area (Å²) in [7, 11) is 0. The molecule has 3 heteroatoms. The van der Waals surface area contributed by atoms with Crippen LogP contribution in [0.15, 0.2) is 12.7 Å². The topological polar surface area (TPSA) is 0 Å². The van der Waals surface area contributed by atoms with Crippen molar-refractivity contribution in [3.05, 3.63) is 12.7 Å². The van der Waals surface area contributed by atoms with Crippen molar-refractivity contribution in [2.24, 2.45) is 0 Å². The Labute approximate surface area is 61.7 Å². The number of allylic oxidation sites excluding steroid dienone is 1. The van der Waals surface area contributed by atoms with Gasteiger partial charge in [-0.25, -0.2) is 0 Å². The molecule has 0 N–H and O–H groups in total. The molecule has 0 radical (unpaired) electrons. The van der Waals surface area contributed by atoms with Crippen LogP contribution in [0.3, 0.4) is 0 Å². The van der Waals surface area contributed by atoms with Crippen molar-refractivity contribution in [3.8, 4) is 0 Å². The van der Waals surface area contributed by atoms with Crippen LogP contribution in [-0.4, -0.2) is 18.2 Å². The predicted molar refractivity (Wildman–Crippen MR) is 40.9 cm³/mol. The van der Waals surface area contributed by atoms with Crippen molar-refractivity contribution in [2.75, 3.05) is 0 Å². The van der Waals surface area contributed by atoms with E-state index in [1.165, 1.54) is 0 Å². The molecular formula is C3H7Br2In. The summed E-state index contributed by atoms with van der Waals surface area (Å²) in [6, 6.07) is 0. The fraction of sp³-hybridized carbons (Fsp3) is 0.333. The second-order valence-electron chi connectivity index (χ2n) is 0.509. The van der Waals surface area contributed by atoms with Crippen molar-refractivity contribution in [3.63, 3.8) is 0 Å². The predicted octanol–water partition coefficient (Wildman–Crippen LogP) is 2.24. The first kappa shape index (κ1) is 10.5. The van der Waals surface area contributed by atoms with Crippen LogP contribution in [0.25, 0.3) is 0 Å². The van der Waals surface area contributed by atoms with Crippen LogP contribution < -0.4 is 0 Å². The molecule has 0 unspecified atom stereocenters. The Morgan fingerprint density at radius 1 is 1.67 bits per heavy atom. The van der Waals surface area contributed by atoms with Crippen molar-refractivity contribution in [2.45, 2.75) is 6.92 Å². The quantitative estimate of drug-likeness (QED) is 0.601. The monoisotopic (exact) mass is 316 g/mol. The summed E-state index contributed by atoms with van der Waals surface area (Å²) < 4.78 is 0. The van der Waals surface area contributed by atoms with Gasteiger partial charge in [-0.05, 0) is 6.92 Å². The van der Waals surface area contributed by atoms with Gasteiger partial charge in [-0.2, -0.15) is 0 Å². The van der Waals surface area contributed by atoms with Crippen molar-refractivity contribution < 1.29 is 0 Å². The fourth-order valence-corrected chi connectivity index (χ4v) is 0. The maximum absolute atomic E-state index is 3.36. The Kier molecular flexibility index (Phi) is 28.1. The van der Waals surface area contributed by atoms with E-state index in [4.69, 9.17) is 0 Å². The van der Waals surface area contributed by atoms with Crippen LogP contribution >= 0.6 is 24.6 Å². The Bertz CT molecular complexity index is 22.8. The van der Waals surface area contributed by atoms with Gasteiger partial charge in [0.15, 0.2) is 0 Å². The Hall–Kier alpha value is 1.57. The third-order valence-corrected chi connectivity index (χ3v) is 0. The van der Waals surface area contributed by atoms with Gasteiger partial charge in [0.2, 0.25) is 0 Å². The van der Waals surface area contributed by atoms with E-state index in [0.717, 1.165) is 0 Å². The van der Waals surface area contributed by atoms with Crippen LogP contribution in [0.1, 0.15) is 6.92 Å². The van der Waals surface area contributed by atoms with Crippen LogP contribution in [0.5, 0.6) is 0 Å². The van der Waals surface area contributed by atoms with Crippen LogP contribution in [0.2, 0.25) is 0 Å². The minimum absolute atomic E-state index is 0.385. The van der Waals surface area contributed by atoms with E-state index in [1.54, 1.807) is 6.08 Å². The van der Waals surface area contributed by atoms with E-state index in [0.29, 0.717) is 0 Å². The molecule has 0 fully saturated rings. The summed E-state index contributed by atoms with van der Waals surface area (Å²) in [5.41, 5.74) is 0. The summed E-state index contributed by atoms with van der Waals surface area (Å²) in [5, 5.41) is 0. The van der Waals surface area contributed by atoms with Crippen molar-refractivity contribution in [1.29, 1.82) is 0 Å². The van der Waals surface area contributed by atoms with Crippen LogP contribution in [-0.2, 0) is 0 Å². The van der Waals surface area contributed by atoms with Crippen LogP contribution in [0.4, 0.5) is 0 Å². The molecule has 6 heavy (non-hydrogen) atoms. The second kappa shape index (κ2) is 16.0. The fourth-order valence-electron chi connectivity index (χ4n) is 0. The van der Waals surface area contributed by atoms with E-state index < -0.39 is 0 Å². The molecule has 0 bridgehead atoms. The summed E-state index contributed by atoms with van der Waals surface area (Å²) >= 11 is 6.16. The van der Waals surface area contributed by atoms with Crippen molar-refractivity contribution >= 4 is 42.8 Å². The van der Waals surface area contributed by atoms with Gasteiger partial charge in [0.1, 0.15) is 0 Å². The van der Waals surface area contributed by atoms with E-state index in [-0.39, 0.29) is 18.2 Å². The second-order valence-corrected chi connectivity index (χ2v) is 18.7. The zero-order valence-electron chi connectivity index (χ0n) is 3.75. The van der Waals surface area contributed by atoms with Gasteiger partial charge in [-0.15, -0.1) is 6.58 Å². The zero-order chi connectivity index (χ0) is 5.41. The van der Waals surface area contributed by atoms with E-state index >= 15 is 0 Å². The Morgan fingerprint density at radius 3 is 1.67 bits per heavy atom. The summed E-state index contributed by atoms with van der Waals surface area (Å²) in [6.07, 6.45) is 1.75. The number of hydrogen-bond acceptors (Lipinski definition) is 0. The SMILES string of the molecule is C=CC.[Br][InH][Br]. The number of rotatable bonds is 0. The molecule has 0 atom stereocenters. The van der Waals surface area contributed by atoms with Gasteiger partial charge >= 0.3 is 42.8 Å². The molecule has 0 amide bonds. The minimum atomic E-state index is -0.385. The molecule has 0 aromatic carbocycles. The maximum atomic E-state index is 3.36. The normalized spacial score (nSPS) is 4.50. The van der Waals surface area contributed by atoms with Crippen LogP contribution in [0, 0.1) is 0 Å². The summed E-state index contributed by atoms with van der Waals surface area (Å²) in [4.78, 5) is 0. The Morgan fingerprint density at radius 2 is 1.67 bits per heavy atom. The molecule has 0 aliphatic rings. The van der Waals surface area contributed by atoms with Gasteiger partial charge < -0.3 is 0 Å². The van der Waals surface area contributed by atoms with Gasteiger partial charge in [-0.3, -0.25) is 0 Å². The average Bonchev–Trinajstić information content (AvgIpc) is 1.39. The van der Waals surface area contributed by atoms with Gasteiger partial charge in [0, 0.05) is 0 Å². The van der Waals surface area contributed by atoms with Gasteiger partial charge in [-0.1, -0.05) is 6.08 Å². The molecular weight excluding hydrogens is 311 g/mol. The first-order valence-corrected chi connectivity index (χ1v) is 19.6. The molecule has 0 aliphatic heterocycles. The molecule has 0 spiro atoms. The molecule has 0 heterocycles. The zero-order valence-corrected chi connectivity index (χ0v) is 11.0. The third kappa shape index (κ3) is 47.2. The molecule has 0 saturated carbocycles. The van der Waals surface area contributed by atoms with E-state index in [1.807, 2.05) is 6.92 Å². The van der Waals surface area contributed by atoms with E-state index in [2.05, 4.69) is 31.2 Å². The standard InChI is InChI=1S/C3H6.2BrH.In.H/c1-3-2;;;;/h3H,1H2,2H3;2*1H;;/q;;;+2;/p-2. The molecule has 0 aromatic heterocycles. The first-order valence-electron chi connectivity index (χ1n) is 1.52.